The SMILES string of the molecule is COc1ccc(CN2c3ccccc3C(=C(S)SC)c3ccccc32)cc1. The third kappa shape index (κ3) is 3.35. The molecule has 1 heterocycles. The van der Waals surface area contributed by atoms with E-state index in [4.69, 9.17) is 17.4 Å². The number of ether oxygens (including phenoxy) is 1. The van der Waals surface area contributed by atoms with Crippen LogP contribution in [0.4, 0.5) is 11.4 Å². The third-order valence-electron chi connectivity index (χ3n) is 4.84. The summed E-state index contributed by atoms with van der Waals surface area (Å²) in [5, 5.41) is 0. The molecular formula is C23H21NOS2. The predicted molar refractivity (Wildman–Crippen MR) is 120 cm³/mol. The van der Waals surface area contributed by atoms with Crippen LogP contribution in [0.25, 0.3) is 5.57 Å². The first-order chi connectivity index (χ1) is 13.2. The summed E-state index contributed by atoms with van der Waals surface area (Å²) < 4.78 is 6.33. The summed E-state index contributed by atoms with van der Waals surface area (Å²) in [5.41, 5.74) is 7.32. The Kier molecular flexibility index (Phi) is 5.19. The molecular weight excluding hydrogens is 370 g/mol. The van der Waals surface area contributed by atoms with Gasteiger partial charge in [0.05, 0.1) is 7.11 Å². The van der Waals surface area contributed by atoms with Gasteiger partial charge < -0.3 is 9.64 Å². The minimum atomic E-state index is 0.798. The average Bonchev–Trinajstić information content (AvgIpc) is 2.73. The summed E-state index contributed by atoms with van der Waals surface area (Å²) in [6.07, 6.45) is 2.07. The number of hydrogen-bond acceptors (Lipinski definition) is 4. The quantitative estimate of drug-likeness (QED) is 0.520. The summed E-state index contributed by atoms with van der Waals surface area (Å²) in [6.45, 7) is 0.798. The molecule has 0 aliphatic carbocycles. The number of methoxy groups -OCH3 is 1. The maximum Gasteiger partial charge on any atom is 0.118 e. The Bertz CT molecular complexity index is 946. The van der Waals surface area contributed by atoms with Crippen LogP contribution in [0.3, 0.4) is 0 Å². The first-order valence-corrected chi connectivity index (χ1v) is 10.5. The van der Waals surface area contributed by atoms with E-state index in [0.717, 1.165) is 16.5 Å². The summed E-state index contributed by atoms with van der Waals surface area (Å²) in [6, 6.07) is 25.4. The summed E-state index contributed by atoms with van der Waals surface area (Å²) >= 11 is 6.46. The molecule has 0 saturated carbocycles. The standard InChI is InChI=1S/C23H21NOS2/c1-25-17-13-11-16(12-14-17)15-24-20-9-5-3-7-18(20)22(23(26)27-2)19-8-4-6-10-21(19)24/h3-14,26H,15H2,1-2H3. The van der Waals surface area contributed by atoms with E-state index in [-0.39, 0.29) is 0 Å². The van der Waals surface area contributed by atoms with Crippen molar-refractivity contribution in [3.63, 3.8) is 0 Å². The Balaban J connectivity index is 1.86. The second-order valence-corrected chi connectivity index (χ2v) is 7.92. The molecule has 4 rings (SSSR count). The van der Waals surface area contributed by atoms with E-state index in [1.807, 2.05) is 12.1 Å². The van der Waals surface area contributed by atoms with Crippen LogP contribution in [0.1, 0.15) is 16.7 Å². The van der Waals surface area contributed by atoms with Crippen LogP contribution >= 0.6 is 24.4 Å². The van der Waals surface area contributed by atoms with Crippen molar-refractivity contribution in [1.82, 2.24) is 0 Å². The van der Waals surface area contributed by atoms with Crippen LogP contribution in [0, 0.1) is 0 Å². The lowest BCUT2D eigenvalue weighted by molar-refractivity contribution is 0.414. The van der Waals surface area contributed by atoms with Crippen molar-refractivity contribution in [2.45, 2.75) is 6.54 Å². The number of anilines is 2. The van der Waals surface area contributed by atoms with Crippen molar-refractivity contribution in [2.24, 2.45) is 0 Å². The van der Waals surface area contributed by atoms with Gasteiger partial charge in [0.25, 0.3) is 0 Å². The lowest BCUT2D eigenvalue weighted by Gasteiger charge is -2.35. The normalized spacial score (nSPS) is 12.4. The smallest absolute Gasteiger partial charge is 0.118 e. The molecule has 0 aromatic heterocycles. The molecule has 0 fully saturated rings. The molecule has 1 aliphatic rings. The first kappa shape index (κ1) is 18.1. The van der Waals surface area contributed by atoms with Gasteiger partial charge in [0, 0.05) is 38.9 Å². The van der Waals surface area contributed by atoms with Crippen molar-refractivity contribution < 1.29 is 4.74 Å². The van der Waals surface area contributed by atoms with Gasteiger partial charge in [0.15, 0.2) is 0 Å². The monoisotopic (exact) mass is 391 g/mol. The van der Waals surface area contributed by atoms with Crippen LogP contribution in [0.15, 0.2) is 77.0 Å². The second kappa shape index (κ2) is 7.75. The topological polar surface area (TPSA) is 12.5 Å². The molecule has 0 N–H and O–H groups in total. The van der Waals surface area contributed by atoms with E-state index in [1.54, 1.807) is 18.9 Å². The lowest BCUT2D eigenvalue weighted by atomic mass is 9.91. The molecule has 3 aromatic carbocycles. The molecule has 0 spiro atoms. The number of fused-ring (bicyclic) bond motifs is 2. The average molecular weight is 392 g/mol. The predicted octanol–water partition coefficient (Wildman–Crippen LogP) is 6.36. The zero-order valence-electron chi connectivity index (χ0n) is 15.3. The lowest BCUT2D eigenvalue weighted by Crippen LogP contribution is -2.22. The molecule has 0 unspecified atom stereocenters. The van der Waals surface area contributed by atoms with Crippen LogP contribution < -0.4 is 9.64 Å². The van der Waals surface area contributed by atoms with Gasteiger partial charge >= 0.3 is 0 Å². The minimum Gasteiger partial charge on any atom is -0.497 e. The van der Waals surface area contributed by atoms with Gasteiger partial charge in [0.1, 0.15) is 5.75 Å². The van der Waals surface area contributed by atoms with Crippen LogP contribution in [0.5, 0.6) is 5.75 Å². The zero-order chi connectivity index (χ0) is 18.8. The molecule has 3 aromatic rings. The number of hydrogen-bond donors (Lipinski definition) is 1. The van der Waals surface area contributed by atoms with Crippen molar-refractivity contribution in [1.29, 1.82) is 0 Å². The summed E-state index contributed by atoms with van der Waals surface area (Å²) in [7, 11) is 1.70. The molecule has 2 nitrogen and oxygen atoms in total. The fourth-order valence-electron chi connectivity index (χ4n) is 3.53. The molecule has 1 aliphatic heterocycles. The molecule has 0 radical (unpaired) electrons. The van der Waals surface area contributed by atoms with Gasteiger partial charge in [-0.1, -0.05) is 48.5 Å². The highest BCUT2D eigenvalue weighted by Crippen LogP contribution is 2.48. The fourth-order valence-corrected chi connectivity index (χ4v) is 4.20. The van der Waals surface area contributed by atoms with Crippen molar-refractivity contribution in [3.05, 3.63) is 93.7 Å². The number of benzene rings is 3. The van der Waals surface area contributed by atoms with Gasteiger partial charge in [-0.05, 0) is 36.1 Å². The Morgan fingerprint density at radius 2 is 1.44 bits per heavy atom. The van der Waals surface area contributed by atoms with Crippen molar-refractivity contribution in [3.8, 4) is 5.75 Å². The second-order valence-electron chi connectivity index (χ2n) is 6.35. The molecule has 4 heteroatoms. The number of thioether (sulfide) groups is 1. The Morgan fingerprint density at radius 3 is 1.96 bits per heavy atom. The highest BCUT2D eigenvalue weighted by Gasteiger charge is 2.27. The van der Waals surface area contributed by atoms with Gasteiger partial charge in [-0.25, -0.2) is 0 Å². The first-order valence-electron chi connectivity index (χ1n) is 8.79. The van der Waals surface area contributed by atoms with Crippen LogP contribution in [0.2, 0.25) is 0 Å². The highest BCUT2D eigenvalue weighted by atomic mass is 32.2. The zero-order valence-corrected chi connectivity index (χ0v) is 17.1. The number of rotatable bonds is 4. The van der Waals surface area contributed by atoms with E-state index in [1.165, 1.54) is 33.6 Å². The molecule has 0 amide bonds. The van der Waals surface area contributed by atoms with E-state index in [9.17, 15) is 0 Å². The van der Waals surface area contributed by atoms with Crippen LogP contribution in [-0.2, 0) is 6.54 Å². The molecule has 27 heavy (non-hydrogen) atoms. The molecule has 0 bridgehead atoms. The minimum absolute atomic E-state index is 0.798. The molecule has 0 atom stereocenters. The van der Waals surface area contributed by atoms with Gasteiger partial charge in [-0.3, -0.25) is 0 Å². The summed E-state index contributed by atoms with van der Waals surface area (Å²) in [4.78, 5) is 2.39. The largest absolute Gasteiger partial charge is 0.497 e. The van der Waals surface area contributed by atoms with Crippen molar-refractivity contribution in [2.75, 3.05) is 18.3 Å². The molecule has 136 valence electrons. The van der Waals surface area contributed by atoms with Crippen molar-refractivity contribution >= 4 is 41.3 Å². The Hall–Kier alpha value is -2.30. The number of nitrogens with zero attached hydrogens (tertiary/aromatic N) is 1. The van der Waals surface area contributed by atoms with E-state index in [2.05, 4.69) is 71.8 Å². The van der Waals surface area contributed by atoms with Crippen LogP contribution in [-0.4, -0.2) is 13.4 Å². The molecule has 0 saturated heterocycles. The Morgan fingerprint density at radius 1 is 0.889 bits per heavy atom. The number of thiol groups is 1. The van der Waals surface area contributed by atoms with Gasteiger partial charge in [0.2, 0.25) is 0 Å². The maximum absolute atomic E-state index is 5.29. The summed E-state index contributed by atoms with van der Waals surface area (Å²) in [5.74, 6) is 0.878. The fraction of sp³-hybridized carbons (Fsp3) is 0.130. The van der Waals surface area contributed by atoms with Gasteiger partial charge in [-0.15, -0.1) is 24.4 Å². The highest BCUT2D eigenvalue weighted by molar-refractivity contribution is 8.15. The Labute approximate surface area is 170 Å². The number of para-hydroxylation sites is 2. The maximum atomic E-state index is 5.29. The van der Waals surface area contributed by atoms with E-state index in [0.29, 0.717) is 0 Å². The van der Waals surface area contributed by atoms with E-state index < -0.39 is 0 Å². The third-order valence-corrected chi connectivity index (χ3v) is 6.20. The van der Waals surface area contributed by atoms with E-state index >= 15 is 0 Å². The van der Waals surface area contributed by atoms with Gasteiger partial charge in [-0.2, -0.15) is 0 Å².